The second-order valence-electron chi connectivity index (χ2n) is 6.35. The lowest BCUT2D eigenvalue weighted by atomic mass is 10.1. The van der Waals surface area contributed by atoms with Crippen LogP contribution >= 0.6 is 0 Å². The Bertz CT molecular complexity index is 970. The third kappa shape index (κ3) is 3.23. The van der Waals surface area contributed by atoms with Gasteiger partial charge in [-0.25, -0.2) is 4.79 Å². The minimum atomic E-state index is -0.270. The van der Waals surface area contributed by atoms with Crippen LogP contribution in [0.2, 0.25) is 0 Å². The standard InChI is InChI=1S/C22H21NO3/c1-2-25-22(24)14-17-10-11-23-20-9-8-19(12-18(20)13-21(17)23)26-15-16-6-4-3-5-7-16/h3-9,12-14H,2,10-11,15H2,1H3/b17-14+. The van der Waals surface area contributed by atoms with Crippen molar-refractivity contribution in [3.8, 4) is 5.75 Å². The van der Waals surface area contributed by atoms with Crippen molar-refractivity contribution in [2.24, 2.45) is 0 Å². The van der Waals surface area contributed by atoms with Gasteiger partial charge in [-0.1, -0.05) is 30.3 Å². The van der Waals surface area contributed by atoms with E-state index in [2.05, 4.69) is 34.9 Å². The van der Waals surface area contributed by atoms with Gasteiger partial charge < -0.3 is 14.0 Å². The molecule has 4 heteroatoms. The molecule has 2 heterocycles. The average Bonchev–Trinajstić information content (AvgIpc) is 3.20. The lowest BCUT2D eigenvalue weighted by molar-refractivity contribution is -0.137. The van der Waals surface area contributed by atoms with Crippen molar-refractivity contribution < 1.29 is 14.3 Å². The highest BCUT2D eigenvalue weighted by molar-refractivity contribution is 5.95. The van der Waals surface area contributed by atoms with E-state index in [4.69, 9.17) is 9.47 Å². The summed E-state index contributed by atoms with van der Waals surface area (Å²) in [7, 11) is 0. The Morgan fingerprint density at radius 3 is 2.81 bits per heavy atom. The van der Waals surface area contributed by atoms with Gasteiger partial charge in [0.1, 0.15) is 12.4 Å². The van der Waals surface area contributed by atoms with Gasteiger partial charge in [0.05, 0.1) is 6.61 Å². The molecule has 1 aliphatic rings. The molecule has 0 spiro atoms. The highest BCUT2D eigenvalue weighted by Crippen LogP contribution is 2.35. The number of carbonyl (C=O) groups excluding carboxylic acids is 1. The second-order valence-corrected chi connectivity index (χ2v) is 6.35. The molecule has 0 saturated heterocycles. The van der Waals surface area contributed by atoms with Crippen LogP contribution in [0.5, 0.6) is 5.75 Å². The van der Waals surface area contributed by atoms with Gasteiger partial charge in [-0.05, 0) is 48.7 Å². The smallest absolute Gasteiger partial charge is 0.331 e. The number of esters is 1. The largest absolute Gasteiger partial charge is 0.489 e. The van der Waals surface area contributed by atoms with Crippen LogP contribution in [0.3, 0.4) is 0 Å². The van der Waals surface area contributed by atoms with Gasteiger partial charge in [0, 0.05) is 29.2 Å². The van der Waals surface area contributed by atoms with E-state index in [1.807, 2.05) is 31.2 Å². The number of allylic oxidation sites excluding steroid dienone is 1. The molecule has 0 atom stereocenters. The van der Waals surface area contributed by atoms with Crippen molar-refractivity contribution in [1.82, 2.24) is 4.57 Å². The molecule has 0 amide bonds. The fraction of sp³-hybridized carbons (Fsp3) is 0.227. The number of aromatic nitrogens is 1. The number of fused-ring (bicyclic) bond motifs is 3. The first-order valence-corrected chi connectivity index (χ1v) is 8.92. The molecule has 132 valence electrons. The lowest BCUT2D eigenvalue weighted by Gasteiger charge is -2.07. The zero-order valence-electron chi connectivity index (χ0n) is 14.8. The monoisotopic (exact) mass is 347 g/mol. The molecule has 4 rings (SSSR count). The van der Waals surface area contributed by atoms with Crippen LogP contribution in [0, 0.1) is 0 Å². The van der Waals surface area contributed by atoms with Crippen LogP contribution in [-0.4, -0.2) is 17.1 Å². The van der Waals surface area contributed by atoms with Gasteiger partial charge in [-0.2, -0.15) is 0 Å². The summed E-state index contributed by atoms with van der Waals surface area (Å²) in [6, 6.07) is 18.4. The third-order valence-corrected chi connectivity index (χ3v) is 4.63. The zero-order valence-corrected chi connectivity index (χ0v) is 14.8. The Morgan fingerprint density at radius 1 is 1.15 bits per heavy atom. The summed E-state index contributed by atoms with van der Waals surface area (Å²) >= 11 is 0. The quantitative estimate of drug-likeness (QED) is 0.501. The highest BCUT2D eigenvalue weighted by Gasteiger charge is 2.20. The maximum atomic E-state index is 11.8. The Morgan fingerprint density at radius 2 is 2.00 bits per heavy atom. The number of benzene rings is 2. The second kappa shape index (κ2) is 7.08. The molecule has 2 aromatic carbocycles. The maximum Gasteiger partial charge on any atom is 0.331 e. The Labute approximate surface area is 152 Å². The van der Waals surface area contributed by atoms with Crippen LogP contribution in [-0.2, 0) is 22.7 Å². The van der Waals surface area contributed by atoms with E-state index >= 15 is 0 Å². The highest BCUT2D eigenvalue weighted by atomic mass is 16.5. The van der Waals surface area contributed by atoms with E-state index in [0.29, 0.717) is 13.2 Å². The molecule has 1 aromatic heterocycles. The molecule has 0 saturated carbocycles. The Hall–Kier alpha value is -3.01. The molecule has 0 fully saturated rings. The van der Waals surface area contributed by atoms with Crippen molar-refractivity contribution >= 4 is 22.4 Å². The van der Waals surface area contributed by atoms with Crippen LogP contribution in [0.1, 0.15) is 24.6 Å². The fourth-order valence-electron chi connectivity index (χ4n) is 3.42. The SMILES string of the molecule is CCOC(=O)/C=C1\CCn2c1cc1cc(OCc3ccccc3)ccc12. The minimum absolute atomic E-state index is 0.270. The number of nitrogens with zero attached hydrogens (tertiary/aromatic N) is 1. The molecule has 4 nitrogen and oxygen atoms in total. The van der Waals surface area contributed by atoms with E-state index in [9.17, 15) is 4.79 Å². The first-order chi connectivity index (χ1) is 12.7. The number of hydrogen-bond donors (Lipinski definition) is 0. The van der Waals surface area contributed by atoms with E-state index in [0.717, 1.165) is 40.9 Å². The lowest BCUT2D eigenvalue weighted by Crippen LogP contribution is -2.00. The van der Waals surface area contributed by atoms with E-state index in [1.54, 1.807) is 6.08 Å². The van der Waals surface area contributed by atoms with Crippen molar-refractivity contribution in [3.05, 3.63) is 71.9 Å². The van der Waals surface area contributed by atoms with E-state index in [-0.39, 0.29) is 5.97 Å². The van der Waals surface area contributed by atoms with Crippen LogP contribution < -0.4 is 4.74 Å². The zero-order chi connectivity index (χ0) is 17.9. The first kappa shape index (κ1) is 16.5. The summed E-state index contributed by atoms with van der Waals surface area (Å²) in [6.45, 7) is 3.65. The molecule has 0 unspecified atom stereocenters. The molecule has 0 aliphatic carbocycles. The molecule has 3 aromatic rings. The first-order valence-electron chi connectivity index (χ1n) is 8.92. The molecular formula is C22H21NO3. The molecular weight excluding hydrogens is 326 g/mol. The summed E-state index contributed by atoms with van der Waals surface area (Å²) in [4.78, 5) is 11.8. The predicted octanol–water partition coefficient (Wildman–Crippen LogP) is 4.57. The number of carbonyl (C=O) groups is 1. The van der Waals surface area contributed by atoms with Crippen molar-refractivity contribution in [3.63, 3.8) is 0 Å². The fourth-order valence-corrected chi connectivity index (χ4v) is 3.42. The van der Waals surface area contributed by atoms with E-state index in [1.165, 1.54) is 5.52 Å². The van der Waals surface area contributed by atoms with Gasteiger partial charge in [0.15, 0.2) is 0 Å². The van der Waals surface area contributed by atoms with Crippen LogP contribution in [0.4, 0.5) is 0 Å². The molecule has 0 bridgehead atoms. The number of ether oxygens (including phenoxy) is 2. The average molecular weight is 347 g/mol. The Balaban J connectivity index is 1.57. The number of rotatable bonds is 5. The topological polar surface area (TPSA) is 40.5 Å². The maximum absolute atomic E-state index is 11.8. The van der Waals surface area contributed by atoms with Crippen LogP contribution in [0.25, 0.3) is 16.5 Å². The summed E-state index contributed by atoms with van der Waals surface area (Å²) < 4.78 is 13.2. The van der Waals surface area contributed by atoms with E-state index < -0.39 is 0 Å². The van der Waals surface area contributed by atoms with Gasteiger partial charge in [-0.3, -0.25) is 0 Å². The molecule has 0 radical (unpaired) electrons. The number of aryl methyl sites for hydroxylation is 1. The summed E-state index contributed by atoms with van der Waals surface area (Å²) in [6.07, 6.45) is 2.48. The summed E-state index contributed by atoms with van der Waals surface area (Å²) in [5.41, 5.74) is 4.44. The number of hydrogen-bond acceptors (Lipinski definition) is 3. The van der Waals surface area contributed by atoms with Crippen molar-refractivity contribution in [1.29, 1.82) is 0 Å². The summed E-state index contributed by atoms with van der Waals surface area (Å²) in [5.74, 6) is 0.578. The molecule has 0 N–H and O–H groups in total. The van der Waals surface area contributed by atoms with Gasteiger partial charge >= 0.3 is 5.97 Å². The van der Waals surface area contributed by atoms with Gasteiger partial charge in [0.2, 0.25) is 0 Å². The van der Waals surface area contributed by atoms with Crippen LogP contribution in [0.15, 0.2) is 60.7 Å². The predicted molar refractivity (Wildman–Crippen MR) is 102 cm³/mol. The van der Waals surface area contributed by atoms with Gasteiger partial charge in [-0.15, -0.1) is 0 Å². The normalized spacial score (nSPS) is 14.6. The van der Waals surface area contributed by atoms with Gasteiger partial charge in [0.25, 0.3) is 0 Å². The van der Waals surface area contributed by atoms with Crippen molar-refractivity contribution in [2.75, 3.05) is 6.61 Å². The molecule has 1 aliphatic heterocycles. The summed E-state index contributed by atoms with van der Waals surface area (Å²) in [5, 5.41) is 1.13. The Kier molecular flexibility index (Phi) is 4.48. The van der Waals surface area contributed by atoms with Crippen molar-refractivity contribution in [2.45, 2.75) is 26.5 Å². The third-order valence-electron chi connectivity index (χ3n) is 4.63. The minimum Gasteiger partial charge on any atom is -0.489 e. The molecule has 26 heavy (non-hydrogen) atoms.